The van der Waals surface area contributed by atoms with Crippen LogP contribution in [-0.2, 0) is 26.0 Å². The molecule has 0 bridgehead atoms. The predicted octanol–water partition coefficient (Wildman–Crippen LogP) is 1.95. The minimum absolute atomic E-state index is 0.101. The third-order valence-electron chi connectivity index (χ3n) is 5.31. The maximum Gasteiger partial charge on any atom is 0.269 e. The number of nitrogens with one attached hydrogen (secondary N) is 1. The van der Waals surface area contributed by atoms with E-state index in [4.69, 9.17) is 4.52 Å². The van der Waals surface area contributed by atoms with Gasteiger partial charge in [0.05, 0.1) is 6.42 Å². The molecule has 0 aliphatic carbocycles. The Morgan fingerprint density at radius 1 is 1.17 bits per heavy atom. The summed E-state index contributed by atoms with van der Waals surface area (Å²) in [5.74, 6) is -0.851. The molecular formula is C20H25N3O5S. The molecule has 1 unspecified atom stereocenters. The molecule has 29 heavy (non-hydrogen) atoms. The first-order valence-electron chi connectivity index (χ1n) is 9.32. The number of nitrogens with zero attached hydrogens (tertiary/aromatic N) is 2. The van der Waals surface area contributed by atoms with Gasteiger partial charge in [0.1, 0.15) is 11.2 Å². The summed E-state index contributed by atoms with van der Waals surface area (Å²) in [6, 6.07) is 5.89. The van der Waals surface area contributed by atoms with Crippen LogP contribution in [0.15, 0.2) is 27.6 Å². The Bertz CT molecular complexity index is 1050. The number of amides is 2. The van der Waals surface area contributed by atoms with Gasteiger partial charge < -0.3 is 9.42 Å². The van der Waals surface area contributed by atoms with Gasteiger partial charge >= 0.3 is 0 Å². The van der Waals surface area contributed by atoms with Crippen molar-refractivity contribution in [2.24, 2.45) is 0 Å². The normalized spacial score (nSPS) is 19.0. The SMILES string of the molecule is Cc1cc(C)cc(CC(=O)N2CCC2(C)C(=O)NS(=O)(=O)c2c(C)noc2C)c1. The van der Waals surface area contributed by atoms with E-state index in [9.17, 15) is 18.0 Å². The van der Waals surface area contributed by atoms with Crippen molar-refractivity contribution in [3.63, 3.8) is 0 Å². The highest BCUT2D eigenvalue weighted by atomic mass is 32.2. The highest BCUT2D eigenvalue weighted by Gasteiger charge is 2.50. The Labute approximate surface area is 170 Å². The van der Waals surface area contributed by atoms with Gasteiger partial charge in [0.25, 0.3) is 15.9 Å². The fourth-order valence-electron chi connectivity index (χ4n) is 3.78. The number of aromatic nitrogens is 1. The van der Waals surface area contributed by atoms with E-state index in [0.717, 1.165) is 16.7 Å². The van der Waals surface area contributed by atoms with Crippen LogP contribution in [0.1, 0.15) is 41.5 Å². The molecule has 0 saturated carbocycles. The minimum Gasteiger partial charge on any atom is -0.360 e. The predicted molar refractivity (Wildman–Crippen MR) is 106 cm³/mol. The van der Waals surface area contributed by atoms with Crippen molar-refractivity contribution in [3.8, 4) is 0 Å². The van der Waals surface area contributed by atoms with Crippen LogP contribution in [0.4, 0.5) is 0 Å². The summed E-state index contributed by atoms with van der Waals surface area (Å²) >= 11 is 0. The van der Waals surface area contributed by atoms with Gasteiger partial charge in [-0.3, -0.25) is 9.59 Å². The lowest BCUT2D eigenvalue weighted by Gasteiger charge is -2.49. The van der Waals surface area contributed by atoms with Crippen LogP contribution < -0.4 is 4.72 Å². The van der Waals surface area contributed by atoms with Crippen LogP contribution in [-0.4, -0.2) is 42.4 Å². The molecule has 0 radical (unpaired) electrons. The number of likely N-dealkylation sites (tertiary alicyclic amines) is 1. The third-order valence-corrected chi connectivity index (χ3v) is 6.88. The number of hydrogen-bond donors (Lipinski definition) is 1. The monoisotopic (exact) mass is 419 g/mol. The number of carbonyl (C=O) groups excluding carboxylic acids is 2. The fourth-order valence-corrected chi connectivity index (χ4v) is 5.19. The minimum atomic E-state index is -4.15. The largest absolute Gasteiger partial charge is 0.360 e. The first-order chi connectivity index (χ1) is 13.4. The first-order valence-corrected chi connectivity index (χ1v) is 10.8. The van der Waals surface area contributed by atoms with E-state index in [2.05, 4.69) is 9.88 Å². The van der Waals surface area contributed by atoms with Crippen molar-refractivity contribution >= 4 is 21.8 Å². The Morgan fingerprint density at radius 3 is 2.28 bits per heavy atom. The van der Waals surface area contributed by atoms with Gasteiger partial charge in [-0.05, 0) is 46.6 Å². The van der Waals surface area contributed by atoms with Crippen LogP contribution in [0.2, 0.25) is 0 Å². The molecule has 1 aromatic heterocycles. The van der Waals surface area contributed by atoms with Gasteiger partial charge in [-0.2, -0.15) is 0 Å². The number of carbonyl (C=O) groups is 2. The lowest BCUT2D eigenvalue weighted by atomic mass is 9.85. The summed E-state index contributed by atoms with van der Waals surface area (Å²) < 4.78 is 32.3. The summed E-state index contributed by atoms with van der Waals surface area (Å²) in [4.78, 5) is 26.9. The molecule has 1 aliphatic rings. The topological polar surface area (TPSA) is 110 Å². The van der Waals surface area contributed by atoms with Crippen molar-refractivity contribution < 1.29 is 22.5 Å². The zero-order valence-electron chi connectivity index (χ0n) is 17.2. The summed E-state index contributed by atoms with van der Waals surface area (Å²) in [6.45, 7) is 8.85. The Hall–Kier alpha value is -2.68. The zero-order chi connectivity index (χ0) is 21.6. The quantitative estimate of drug-likeness (QED) is 0.793. The number of aryl methyl sites for hydroxylation is 4. The van der Waals surface area contributed by atoms with Crippen LogP contribution in [0.5, 0.6) is 0 Å². The van der Waals surface area contributed by atoms with Crippen molar-refractivity contribution in [1.82, 2.24) is 14.8 Å². The number of hydrogen-bond acceptors (Lipinski definition) is 6. The molecule has 9 heteroatoms. The van der Waals surface area contributed by atoms with Gasteiger partial charge in [0.2, 0.25) is 5.91 Å². The molecule has 156 valence electrons. The highest BCUT2D eigenvalue weighted by molar-refractivity contribution is 7.90. The van der Waals surface area contributed by atoms with Crippen LogP contribution in [0.25, 0.3) is 0 Å². The average molecular weight is 420 g/mol. The molecular weight excluding hydrogens is 394 g/mol. The average Bonchev–Trinajstić information content (AvgIpc) is 2.90. The number of sulfonamides is 1. The molecule has 3 rings (SSSR count). The van der Waals surface area contributed by atoms with Crippen molar-refractivity contribution in [1.29, 1.82) is 0 Å². The summed E-state index contributed by atoms with van der Waals surface area (Å²) in [6.07, 6.45) is 0.538. The van der Waals surface area contributed by atoms with Crippen LogP contribution in [0.3, 0.4) is 0 Å². The van der Waals surface area contributed by atoms with Crippen molar-refractivity contribution in [3.05, 3.63) is 46.3 Å². The van der Waals surface area contributed by atoms with E-state index in [-0.39, 0.29) is 28.7 Å². The summed E-state index contributed by atoms with van der Waals surface area (Å²) in [5, 5.41) is 3.62. The smallest absolute Gasteiger partial charge is 0.269 e. The van der Waals surface area contributed by atoms with E-state index in [1.165, 1.54) is 18.7 Å². The second-order valence-electron chi connectivity index (χ2n) is 7.83. The molecule has 2 amide bonds. The summed E-state index contributed by atoms with van der Waals surface area (Å²) in [5.41, 5.74) is 1.93. The molecule has 2 heterocycles. The van der Waals surface area contributed by atoms with E-state index in [1.807, 2.05) is 32.0 Å². The Kier molecular flexibility index (Phi) is 5.29. The van der Waals surface area contributed by atoms with Gasteiger partial charge in [-0.15, -0.1) is 0 Å². The maximum atomic E-state index is 12.8. The first kappa shape index (κ1) is 21.0. The van der Waals surface area contributed by atoms with Crippen molar-refractivity contribution in [2.45, 2.75) is 57.9 Å². The fraction of sp³-hybridized carbons (Fsp3) is 0.450. The van der Waals surface area contributed by atoms with E-state index in [1.54, 1.807) is 6.92 Å². The van der Waals surface area contributed by atoms with Crippen LogP contribution in [0, 0.1) is 27.7 Å². The highest BCUT2D eigenvalue weighted by Crippen LogP contribution is 2.32. The Morgan fingerprint density at radius 2 is 1.79 bits per heavy atom. The second-order valence-corrected chi connectivity index (χ2v) is 9.45. The van der Waals surface area contributed by atoms with Gasteiger partial charge in [-0.25, -0.2) is 13.1 Å². The summed E-state index contributed by atoms with van der Waals surface area (Å²) in [7, 11) is -4.15. The molecule has 1 N–H and O–H groups in total. The third kappa shape index (κ3) is 3.91. The number of rotatable bonds is 5. The van der Waals surface area contributed by atoms with Gasteiger partial charge in [0, 0.05) is 6.54 Å². The lowest BCUT2D eigenvalue weighted by Crippen LogP contribution is -2.68. The Balaban J connectivity index is 1.76. The maximum absolute atomic E-state index is 12.8. The van der Waals surface area contributed by atoms with Crippen LogP contribution >= 0.6 is 0 Å². The molecule has 1 atom stereocenters. The molecule has 0 spiro atoms. The van der Waals surface area contributed by atoms with E-state index < -0.39 is 21.5 Å². The van der Waals surface area contributed by atoms with Gasteiger partial charge in [-0.1, -0.05) is 34.5 Å². The van der Waals surface area contributed by atoms with Gasteiger partial charge in [0.15, 0.2) is 10.7 Å². The molecule has 1 aromatic carbocycles. The molecule has 1 aliphatic heterocycles. The molecule has 8 nitrogen and oxygen atoms in total. The molecule has 2 aromatic rings. The lowest BCUT2D eigenvalue weighted by molar-refractivity contribution is -0.156. The van der Waals surface area contributed by atoms with E-state index >= 15 is 0 Å². The second kappa shape index (κ2) is 7.29. The van der Waals surface area contributed by atoms with Crippen molar-refractivity contribution in [2.75, 3.05) is 6.54 Å². The van der Waals surface area contributed by atoms with E-state index in [0.29, 0.717) is 13.0 Å². The standard InChI is InChI=1S/C20H25N3O5S/c1-12-8-13(2)10-16(9-12)11-17(24)23-7-6-20(23,5)19(25)22-29(26,27)18-14(3)21-28-15(18)4/h8-10H,6-7,11H2,1-5H3,(H,22,25). The number of benzene rings is 1. The zero-order valence-corrected chi connectivity index (χ0v) is 18.0. The molecule has 1 saturated heterocycles. The molecule has 1 fully saturated rings.